The monoisotopic (exact) mass is 339 g/mol. The van der Waals surface area contributed by atoms with Gasteiger partial charge in [0.2, 0.25) is 5.91 Å². The standard InChI is InChI=1S/C19H25N5O/c1-20-18(25)19(7-4-5-16-15-21-11-12-22-16)8-13-24(14-9-19)17-6-2-3-10-23-17/h2-3,6,10-12,15H,4-5,7-9,13-14H2,1H3,(H,20,25). The van der Waals surface area contributed by atoms with E-state index < -0.39 is 0 Å². The van der Waals surface area contributed by atoms with Crippen LogP contribution in [-0.4, -0.2) is 41.0 Å². The predicted octanol–water partition coefficient (Wildman–Crippen LogP) is 2.23. The van der Waals surface area contributed by atoms with Crippen LogP contribution < -0.4 is 10.2 Å². The Bertz CT molecular complexity index is 663. The third-order valence-corrected chi connectivity index (χ3v) is 5.11. The molecule has 0 spiro atoms. The van der Waals surface area contributed by atoms with E-state index in [0.29, 0.717) is 0 Å². The van der Waals surface area contributed by atoms with Crippen LogP contribution in [0, 0.1) is 5.41 Å². The highest BCUT2D eigenvalue weighted by atomic mass is 16.2. The molecule has 3 heterocycles. The van der Waals surface area contributed by atoms with Gasteiger partial charge in [0, 0.05) is 44.9 Å². The Morgan fingerprint density at radius 1 is 1.20 bits per heavy atom. The molecule has 3 rings (SSSR count). The number of nitrogens with one attached hydrogen (secondary N) is 1. The molecule has 0 bridgehead atoms. The van der Waals surface area contributed by atoms with Crippen LogP contribution in [0.4, 0.5) is 5.82 Å². The van der Waals surface area contributed by atoms with Crippen LogP contribution in [0.2, 0.25) is 0 Å². The van der Waals surface area contributed by atoms with Crippen molar-refractivity contribution in [2.75, 3.05) is 25.0 Å². The lowest BCUT2D eigenvalue weighted by atomic mass is 9.73. The Labute approximate surface area is 148 Å². The number of piperidine rings is 1. The molecule has 25 heavy (non-hydrogen) atoms. The second kappa shape index (κ2) is 8.05. The number of hydrogen-bond donors (Lipinski definition) is 1. The number of aromatic nitrogens is 3. The number of carbonyl (C=O) groups is 1. The molecule has 0 atom stereocenters. The van der Waals surface area contributed by atoms with Crippen molar-refractivity contribution in [2.45, 2.75) is 32.1 Å². The molecule has 6 heteroatoms. The van der Waals surface area contributed by atoms with Gasteiger partial charge in [0.15, 0.2) is 0 Å². The van der Waals surface area contributed by atoms with E-state index in [-0.39, 0.29) is 11.3 Å². The molecule has 2 aromatic rings. The average molecular weight is 339 g/mol. The lowest BCUT2D eigenvalue weighted by Crippen LogP contribution is -2.48. The van der Waals surface area contributed by atoms with Crippen LogP contribution in [-0.2, 0) is 11.2 Å². The molecule has 6 nitrogen and oxygen atoms in total. The number of rotatable bonds is 6. The van der Waals surface area contributed by atoms with Crippen molar-refractivity contribution in [1.29, 1.82) is 0 Å². The van der Waals surface area contributed by atoms with Gasteiger partial charge in [-0.25, -0.2) is 4.98 Å². The van der Waals surface area contributed by atoms with Gasteiger partial charge in [0.05, 0.1) is 11.1 Å². The topological polar surface area (TPSA) is 71.0 Å². The van der Waals surface area contributed by atoms with Crippen LogP contribution >= 0.6 is 0 Å². The molecule has 0 saturated carbocycles. The maximum atomic E-state index is 12.6. The minimum Gasteiger partial charge on any atom is -0.359 e. The molecule has 1 N–H and O–H groups in total. The first-order chi connectivity index (χ1) is 12.2. The third-order valence-electron chi connectivity index (χ3n) is 5.11. The van der Waals surface area contributed by atoms with Gasteiger partial charge in [-0.05, 0) is 44.2 Å². The van der Waals surface area contributed by atoms with Gasteiger partial charge >= 0.3 is 0 Å². The Balaban J connectivity index is 1.61. The van der Waals surface area contributed by atoms with E-state index in [9.17, 15) is 4.79 Å². The van der Waals surface area contributed by atoms with Crippen molar-refractivity contribution in [3.63, 3.8) is 0 Å². The normalized spacial score (nSPS) is 16.4. The van der Waals surface area contributed by atoms with E-state index in [0.717, 1.165) is 56.7 Å². The summed E-state index contributed by atoms with van der Waals surface area (Å²) in [5.41, 5.74) is 0.697. The van der Waals surface area contributed by atoms with E-state index in [1.54, 1.807) is 25.6 Å². The maximum Gasteiger partial charge on any atom is 0.226 e. The first-order valence-corrected chi connectivity index (χ1v) is 8.87. The first kappa shape index (κ1) is 17.3. The van der Waals surface area contributed by atoms with Gasteiger partial charge in [0.1, 0.15) is 5.82 Å². The zero-order valence-electron chi connectivity index (χ0n) is 14.7. The summed E-state index contributed by atoms with van der Waals surface area (Å²) in [4.78, 5) is 27.7. The van der Waals surface area contributed by atoms with Gasteiger partial charge < -0.3 is 10.2 Å². The number of anilines is 1. The number of hydrogen-bond acceptors (Lipinski definition) is 5. The predicted molar refractivity (Wildman–Crippen MR) is 97.2 cm³/mol. The van der Waals surface area contributed by atoms with Crippen molar-refractivity contribution in [2.24, 2.45) is 5.41 Å². The van der Waals surface area contributed by atoms with Gasteiger partial charge in [-0.1, -0.05) is 6.07 Å². The molecule has 1 aliphatic rings. The van der Waals surface area contributed by atoms with E-state index in [1.807, 2.05) is 24.4 Å². The van der Waals surface area contributed by atoms with E-state index in [2.05, 4.69) is 25.2 Å². The van der Waals surface area contributed by atoms with Gasteiger partial charge in [-0.2, -0.15) is 0 Å². The summed E-state index contributed by atoms with van der Waals surface area (Å²) >= 11 is 0. The van der Waals surface area contributed by atoms with Crippen LogP contribution in [0.1, 0.15) is 31.4 Å². The highest BCUT2D eigenvalue weighted by molar-refractivity contribution is 5.82. The number of pyridine rings is 1. The summed E-state index contributed by atoms with van der Waals surface area (Å²) in [7, 11) is 1.73. The average Bonchev–Trinajstić information content (AvgIpc) is 2.69. The first-order valence-electron chi connectivity index (χ1n) is 8.87. The number of carbonyl (C=O) groups excluding carboxylic acids is 1. The molecule has 0 aromatic carbocycles. The number of amides is 1. The van der Waals surface area contributed by atoms with E-state index in [4.69, 9.17) is 0 Å². The van der Waals surface area contributed by atoms with Crippen molar-refractivity contribution >= 4 is 11.7 Å². The summed E-state index contributed by atoms with van der Waals surface area (Å²) in [6.07, 6.45) is 11.4. The fourth-order valence-corrected chi connectivity index (χ4v) is 3.63. The molecule has 0 unspecified atom stereocenters. The highest BCUT2D eigenvalue weighted by Crippen LogP contribution is 2.37. The largest absolute Gasteiger partial charge is 0.359 e. The van der Waals surface area contributed by atoms with E-state index >= 15 is 0 Å². The molecule has 1 fully saturated rings. The second-order valence-corrected chi connectivity index (χ2v) is 6.58. The molecule has 0 aliphatic carbocycles. The third kappa shape index (κ3) is 4.13. The van der Waals surface area contributed by atoms with Crippen molar-refractivity contribution < 1.29 is 4.79 Å². The molecule has 1 saturated heterocycles. The van der Waals surface area contributed by atoms with Crippen molar-refractivity contribution in [1.82, 2.24) is 20.3 Å². The fraction of sp³-hybridized carbons (Fsp3) is 0.474. The molecular weight excluding hydrogens is 314 g/mol. The molecule has 0 radical (unpaired) electrons. The summed E-state index contributed by atoms with van der Waals surface area (Å²) < 4.78 is 0. The van der Waals surface area contributed by atoms with Crippen LogP contribution in [0.3, 0.4) is 0 Å². The quantitative estimate of drug-likeness (QED) is 0.874. The second-order valence-electron chi connectivity index (χ2n) is 6.58. The summed E-state index contributed by atoms with van der Waals surface area (Å²) in [5, 5.41) is 2.88. The minimum absolute atomic E-state index is 0.160. The molecule has 1 aliphatic heterocycles. The zero-order chi connectivity index (χ0) is 17.5. The molecule has 2 aromatic heterocycles. The lowest BCUT2D eigenvalue weighted by Gasteiger charge is -2.41. The summed E-state index contributed by atoms with van der Waals surface area (Å²) in [6, 6.07) is 5.96. The Morgan fingerprint density at radius 3 is 2.68 bits per heavy atom. The summed E-state index contributed by atoms with van der Waals surface area (Å²) in [6.45, 7) is 1.71. The van der Waals surface area contributed by atoms with Gasteiger partial charge in [0.25, 0.3) is 0 Å². The Morgan fingerprint density at radius 2 is 2.04 bits per heavy atom. The summed E-state index contributed by atoms with van der Waals surface area (Å²) in [5.74, 6) is 1.15. The SMILES string of the molecule is CNC(=O)C1(CCCc2cnccn2)CCN(c2ccccn2)CC1. The van der Waals surface area contributed by atoms with Crippen LogP contribution in [0.25, 0.3) is 0 Å². The van der Waals surface area contributed by atoms with E-state index in [1.165, 1.54) is 0 Å². The van der Waals surface area contributed by atoms with Crippen molar-refractivity contribution in [3.8, 4) is 0 Å². The Kier molecular flexibility index (Phi) is 5.58. The molecule has 132 valence electrons. The number of nitrogens with zero attached hydrogens (tertiary/aromatic N) is 4. The molecular formula is C19H25N5O. The minimum atomic E-state index is -0.289. The smallest absolute Gasteiger partial charge is 0.226 e. The van der Waals surface area contributed by atoms with Crippen LogP contribution in [0.15, 0.2) is 43.0 Å². The van der Waals surface area contributed by atoms with Crippen molar-refractivity contribution in [3.05, 3.63) is 48.7 Å². The Hall–Kier alpha value is -2.50. The zero-order valence-corrected chi connectivity index (χ0v) is 14.7. The fourth-order valence-electron chi connectivity index (χ4n) is 3.63. The van der Waals surface area contributed by atoms with Crippen LogP contribution in [0.5, 0.6) is 0 Å². The maximum absolute atomic E-state index is 12.6. The lowest BCUT2D eigenvalue weighted by molar-refractivity contribution is -0.132. The van der Waals surface area contributed by atoms with Gasteiger partial charge in [-0.15, -0.1) is 0 Å². The number of aryl methyl sites for hydroxylation is 1. The highest BCUT2D eigenvalue weighted by Gasteiger charge is 2.40. The van der Waals surface area contributed by atoms with Gasteiger partial charge in [-0.3, -0.25) is 14.8 Å². The molecule has 1 amide bonds.